The van der Waals surface area contributed by atoms with Gasteiger partial charge in [0.2, 0.25) is 5.91 Å². The Morgan fingerprint density at radius 2 is 1.87 bits per heavy atom. The van der Waals surface area contributed by atoms with Gasteiger partial charge in [0.1, 0.15) is 0 Å². The standard InChI is InChI=1S/C24H26N4O2/c1-17-21(15-26-27-17)22(29)28-13-12-24(16-28,23(30)25-2)14-19-10-6-7-11-20(19)18-8-4-3-5-9-18/h3-11,15H,12-14,16H2,1-2H3,(H,25,30)(H,26,27)/t24-/m1/s1. The molecular weight excluding hydrogens is 376 g/mol. The molecule has 154 valence electrons. The van der Waals surface area contributed by atoms with E-state index >= 15 is 0 Å². The first kappa shape index (κ1) is 19.9. The van der Waals surface area contributed by atoms with Crippen LogP contribution in [0.1, 0.15) is 28.0 Å². The van der Waals surface area contributed by atoms with Gasteiger partial charge < -0.3 is 10.2 Å². The molecule has 0 spiro atoms. The molecule has 0 bridgehead atoms. The van der Waals surface area contributed by atoms with Crippen molar-refractivity contribution in [2.45, 2.75) is 19.8 Å². The summed E-state index contributed by atoms with van der Waals surface area (Å²) in [6.07, 6.45) is 2.76. The predicted octanol–water partition coefficient (Wildman–Crippen LogP) is 3.21. The van der Waals surface area contributed by atoms with Gasteiger partial charge in [0.15, 0.2) is 0 Å². The number of aromatic nitrogens is 2. The Kier molecular flexibility index (Phi) is 5.40. The molecule has 6 nitrogen and oxygen atoms in total. The number of benzene rings is 2. The molecular formula is C24H26N4O2. The van der Waals surface area contributed by atoms with Crippen molar-refractivity contribution in [3.05, 3.63) is 77.6 Å². The molecule has 2 heterocycles. The quantitative estimate of drug-likeness (QED) is 0.688. The highest BCUT2D eigenvalue weighted by molar-refractivity contribution is 5.96. The fraction of sp³-hybridized carbons (Fsp3) is 0.292. The van der Waals surface area contributed by atoms with Crippen molar-refractivity contribution >= 4 is 11.8 Å². The lowest BCUT2D eigenvalue weighted by Crippen LogP contribution is -2.44. The third kappa shape index (κ3) is 3.61. The van der Waals surface area contributed by atoms with E-state index in [-0.39, 0.29) is 11.8 Å². The molecule has 2 N–H and O–H groups in total. The Bertz CT molecular complexity index is 1060. The molecule has 1 aliphatic heterocycles. The summed E-state index contributed by atoms with van der Waals surface area (Å²) >= 11 is 0. The van der Waals surface area contributed by atoms with Gasteiger partial charge in [-0.25, -0.2) is 0 Å². The first-order chi connectivity index (χ1) is 14.5. The molecule has 0 radical (unpaired) electrons. The van der Waals surface area contributed by atoms with Crippen molar-refractivity contribution < 1.29 is 9.59 Å². The zero-order chi connectivity index (χ0) is 21.1. The second kappa shape index (κ2) is 8.14. The Morgan fingerprint density at radius 3 is 2.57 bits per heavy atom. The Morgan fingerprint density at radius 1 is 1.13 bits per heavy atom. The average Bonchev–Trinajstić information content (AvgIpc) is 3.41. The summed E-state index contributed by atoms with van der Waals surface area (Å²) in [4.78, 5) is 27.8. The number of carbonyl (C=O) groups is 2. The smallest absolute Gasteiger partial charge is 0.257 e. The summed E-state index contributed by atoms with van der Waals surface area (Å²) in [7, 11) is 1.66. The maximum Gasteiger partial charge on any atom is 0.257 e. The van der Waals surface area contributed by atoms with Crippen LogP contribution in [0.3, 0.4) is 0 Å². The topological polar surface area (TPSA) is 78.1 Å². The molecule has 1 aliphatic rings. The number of likely N-dealkylation sites (tertiary alicyclic amines) is 1. The number of hydrogen-bond donors (Lipinski definition) is 2. The molecule has 1 saturated heterocycles. The minimum absolute atomic E-state index is 0.0235. The molecule has 2 aromatic carbocycles. The minimum Gasteiger partial charge on any atom is -0.359 e. The summed E-state index contributed by atoms with van der Waals surface area (Å²) in [6, 6.07) is 18.4. The predicted molar refractivity (Wildman–Crippen MR) is 116 cm³/mol. The van der Waals surface area contributed by atoms with Gasteiger partial charge in [-0.15, -0.1) is 0 Å². The summed E-state index contributed by atoms with van der Waals surface area (Å²) in [5, 5.41) is 9.62. The van der Waals surface area contributed by atoms with E-state index in [1.807, 2.05) is 37.3 Å². The lowest BCUT2D eigenvalue weighted by molar-refractivity contribution is -0.129. The number of aromatic amines is 1. The second-order valence-electron chi connectivity index (χ2n) is 7.94. The monoisotopic (exact) mass is 402 g/mol. The van der Waals surface area contributed by atoms with Gasteiger partial charge in [-0.2, -0.15) is 5.10 Å². The Hall–Kier alpha value is -3.41. The largest absolute Gasteiger partial charge is 0.359 e. The van der Waals surface area contributed by atoms with Gasteiger partial charge in [-0.05, 0) is 36.5 Å². The van der Waals surface area contributed by atoms with E-state index in [2.05, 4.69) is 39.8 Å². The third-order valence-electron chi connectivity index (χ3n) is 6.04. The molecule has 0 saturated carbocycles. The van der Waals surface area contributed by atoms with Gasteiger partial charge in [0.25, 0.3) is 5.91 Å². The lowest BCUT2D eigenvalue weighted by Gasteiger charge is -2.28. The summed E-state index contributed by atoms with van der Waals surface area (Å²) in [5.41, 5.74) is 4.00. The van der Waals surface area contributed by atoms with Gasteiger partial charge in [-0.1, -0.05) is 54.6 Å². The van der Waals surface area contributed by atoms with E-state index in [4.69, 9.17) is 0 Å². The van der Waals surface area contributed by atoms with Crippen LogP contribution in [-0.2, 0) is 11.2 Å². The fourth-order valence-electron chi connectivity index (χ4n) is 4.40. The van der Waals surface area contributed by atoms with Crippen LogP contribution in [0.15, 0.2) is 60.8 Å². The third-order valence-corrected chi connectivity index (χ3v) is 6.04. The number of nitrogens with zero attached hydrogens (tertiary/aromatic N) is 2. The van der Waals surface area contributed by atoms with Crippen LogP contribution in [0.4, 0.5) is 0 Å². The fourth-order valence-corrected chi connectivity index (χ4v) is 4.40. The number of hydrogen-bond acceptors (Lipinski definition) is 3. The SMILES string of the molecule is CNC(=O)[C@@]1(Cc2ccccc2-c2ccccc2)CCN(C(=O)c2cn[nH]c2C)C1. The average molecular weight is 402 g/mol. The summed E-state index contributed by atoms with van der Waals surface area (Å²) in [6.45, 7) is 2.77. The number of H-pyrrole nitrogens is 1. The molecule has 3 aromatic rings. The maximum atomic E-state index is 13.0. The van der Waals surface area contributed by atoms with E-state index in [1.54, 1.807) is 18.1 Å². The Labute approximate surface area is 176 Å². The van der Waals surface area contributed by atoms with Crippen LogP contribution < -0.4 is 5.32 Å². The van der Waals surface area contributed by atoms with Gasteiger partial charge in [0, 0.05) is 25.8 Å². The van der Waals surface area contributed by atoms with E-state index in [9.17, 15) is 9.59 Å². The number of aryl methyl sites for hydroxylation is 1. The van der Waals surface area contributed by atoms with Crippen LogP contribution in [0.25, 0.3) is 11.1 Å². The highest BCUT2D eigenvalue weighted by Gasteiger charge is 2.46. The van der Waals surface area contributed by atoms with E-state index in [0.29, 0.717) is 31.5 Å². The van der Waals surface area contributed by atoms with Gasteiger partial charge in [0.05, 0.1) is 17.2 Å². The minimum atomic E-state index is -0.660. The van der Waals surface area contributed by atoms with Crippen LogP contribution in [0.5, 0.6) is 0 Å². The van der Waals surface area contributed by atoms with Crippen LogP contribution in [0.2, 0.25) is 0 Å². The van der Waals surface area contributed by atoms with Crippen molar-refractivity contribution in [1.82, 2.24) is 20.4 Å². The molecule has 0 unspecified atom stereocenters. The van der Waals surface area contributed by atoms with Crippen molar-refractivity contribution in [2.75, 3.05) is 20.1 Å². The maximum absolute atomic E-state index is 13.0. The molecule has 30 heavy (non-hydrogen) atoms. The lowest BCUT2D eigenvalue weighted by atomic mass is 9.78. The van der Waals surface area contributed by atoms with E-state index in [0.717, 1.165) is 22.4 Å². The van der Waals surface area contributed by atoms with Crippen molar-refractivity contribution in [1.29, 1.82) is 0 Å². The number of rotatable bonds is 5. The highest BCUT2D eigenvalue weighted by Crippen LogP contribution is 2.38. The molecule has 1 fully saturated rings. The van der Waals surface area contributed by atoms with Crippen LogP contribution in [-0.4, -0.2) is 47.0 Å². The first-order valence-electron chi connectivity index (χ1n) is 10.2. The highest BCUT2D eigenvalue weighted by atomic mass is 16.2. The van der Waals surface area contributed by atoms with Gasteiger partial charge in [-0.3, -0.25) is 14.7 Å². The first-order valence-corrected chi connectivity index (χ1v) is 10.2. The van der Waals surface area contributed by atoms with Crippen molar-refractivity contribution in [3.63, 3.8) is 0 Å². The Balaban J connectivity index is 1.65. The summed E-state index contributed by atoms with van der Waals surface area (Å²) in [5.74, 6) is -0.104. The molecule has 0 aliphatic carbocycles. The summed E-state index contributed by atoms with van der Waals surface area (Å²) < 4.78 is 0. The van der Waals surface area contributed by atoms with Crippen molar-refractivity contribution in [3.8, 4) is 11.1 Å². The molecule has 4 rings (SSSR count). The zero-order valence-electron chi connectivity index (χ0n) is 17.3. The number of amides is 2. The molecule has 1 atom stereocenters. The molecule has 1 aromatic heterocycles. The number of carbonyl (C=O) groups excluding carboxylic acids is 2. The second-order valence-corrected chi connectivity index (χ2v) is 7.94. The zero-order valence-corrected chi connectivity index (χ0v) is 17.3. The van der Waals surface area contributed by atoms with Crippen molar-refractivity contribution in [2.24, 2.45) is 5.41 Å². The molecule has 6 heteroatoms. The van der Waals surface area contributed by atoms with E-state index in [1.165, 1.54) is 0 Å². The van der Waals surface area contributed by atoms with Gasteiger partial charge >= 0.3 is 0 Å². The van der Waals surface area contributed by atoms with Crippen LogP contribution >= 0.6 is 0 Å². The molecule has 2 amide bonds. The number of nitrogens with one attached hydrogen (secondary N) is 2. The van der Waals surface area contributed by atoms with Crippen LogP contribution in [0, 0.1) is 12.3 Å². The normalized spacial score (nSPS) is 18.4. The van der Waals surface area contributed by atoms with E-state index < -0.39 is 5.41 Å².